The molecule has 0 saturated carbocycles. The Morgan fingerprint density at radius 3 is 2.52 bits per heavy atom. The van der Waals surface area contributed by atoms with Crippen LogP contribution in [0.3, 0.4) is 0 Å². The second-order valence-electron chi connectivity index (χ2n) is 5.76. The molecule has 0 fully saturated rings. The van der Waals surface area contributed by atoms with Gasteiger partial charge in [-0.15, -0.1) is 35.3 Å². The molecule has 1 aromatic heterocycles. The molecule has 0 atom stereocenters. The molecule has 6 nitrogen and oxygen atoms in total. The Bertz CT molecular complexity index is 705. The number of hydrogen-bond donors (Lipinski definition) is 3. The number of aromatic nitrogens is 1. The third-order valence-corrected chi connectivity index (χ3v) is 5.00. The van der Waals surface area contributed by atoms with Crippen molar-refractivity contribution in [2.24, 2.45) is 4.99 Å². The van der Waals surface area contributed by atoms with Crippen LogP contribution >= 0.6 is 35.3 Å². The van der Waals surface area contributed by atoms with Gasteiger partial charge in [-0.05, 0) is 18.4 Å². The molecule has 0 saturated heterocycles. The Morgan fingerprint density at radius 1 is 1.11 bits per heavy atom. The van der Waals surface area contributed by atoms with Crippen LogP contribution in [0.1, 0.15) is 22.4 Å². The molecular weight excluding hydrogens is 473 g/mol. The fraction of sp³-hybridized carbons (Fsp3) is 0.421. The number of nitrogens with zero attached hydrogens (tertiary/aromatic N) is 2. The summed E-state index contributed by atoms with van der Waals surface area (Å²) in [7, 11) is 1.70. The topological polar surface area (TPSA) is 78.4 Å². The predicted octanol–water partition coefficient (Wildman–Crippen LogP) is 2.39. The van der Waals surface area contributed by atoms with Gasteiger partial charge >= 0.3 is 0 Å². The number of carbonyl (C=O) groups is 1. The number of benzene rings is 1. The molecule has 3 N–H and O–H groups in total. The van der Waals surface area contributed by atoms with Crippen LogP contribution in [0, 0.1) is 0 Å². The van der Waals surface area contributed by atoms with E-state index in [4.69, 9.17) is 0 Å². The summed E-state index contributed by atoms with van der Waals surface area (Å²) in [5.41, 5.74) is 1.21. The summed E-state index contributed by atoms with van der Waals surface area (Å²) >= 11 is 1.74. The van der Waals surface area contributed by atoms with Gasteiger partial charge in [-0.2, -0.15) is 0 Å². The van der Waals surface area contributed by atoms with Gasteiger partial charge in [0, 0.05) is 37.6 Å². The van der Waals surface area contributed by atoms with Gasteiger partial charge in [-0.1, -0.05) is 37.3 Å². The summed E-state index contributed by atoms with van der Waals surface area (Å²) in [5, 5.41) is 10.3. The Hall–Kier alpha value is -1.68. The van der Waals surface area contributed by atoms with E-state index in [1.165, 1.54) is 10.4 Å². The number of thiazole rings is 1. The molecule has 0 spiro atoms. The first-order chi connectivity index (χ1) is 12.7. The Labute approximate surface area is 182 Å². The summed E-state index contributed by atoms with van der Waals surface area (Å²) < 4.78 is 0. The fourth-order valence-electron chi connectivity index (χ4n) is 2.35. The number of halogens is 1. The zero-order chi connectivity index (χ0) is 18.6. The lowest BCUT2D eigenvalue weighted by Crippen LogP contribution is -2.44. The van der Waals surface area contributed by atoms with E-state index in [0.717, 1.165) is 30.8 Å². The van der Waals surface area contributed by atoms with Crippen molar-refractivity contribution in [2.45, 2.75) is 26.2 Å². The van der Waals surface area contributed by atoms with Crippen LogP contribution in [-0.2, 0) is 24.1 Å². The molecular formula is C19H28IN5OS. The highest BCUT2D eigenvalue weighted by atomic mass is 127. The van der Waals surface area contributed by atoms with Gasteiger partial charge in [0.25, 0.3) is 0 Å². The van der Waals surface area contributed by atoms with Crippen molar-refractivity contribution in [3.63, 3.8) is 0 Å². The lowest BCUT2D eigenvalue weighted by Gasteiger charge is -2.11. The van der Waals surface area contributed by atoms with Gasteiger partial charge < -0.3 is 16.0 Å². The SMILES string of the molecule is CCc1cnc(CCNC(=NC)NCC(=O)NCCc2ccccc2)s1.I. The number of aryl methyl sites for hydroxylation is 1. The molecule has 1 heterocycles. The second-order valence-corrected chi connectivity index (χ2v) is 6.96. The fourth-order valence-corrected chi connectivity index (χ4v) is 3.21. The maximum Gasteiger partial charge on any atom is 0.239 e. The Morgan fingerprint density at radius 2 is 1.85 bits per heavy atom. The normalized spacial score (nSPS) is 10.8. The van der Waals surface area contributed by atoms with Gasteiger partial charge in [0.05, 0.1) is 11.6 Å². The molecule has 0 radical (unpaired) electrons. The molecule has 2 rings (SSSR count). The highest BCUT2D eigenvalue weighted by molar-refractivity contribution is 14.0. The average molecular weight is 501 g/mol. The average Bonchev–Trinajstić information content (AvgIpc) is 3.13. The number of amides is 1. The quantitative estimate of drug-likeness (QED) is 0.280. The van der Waals surface area contributed by atoms with E-state index in [-0.39, 0.29) is 36.4 Å². The molecule has 0 aliphatic carbocycles. The van der Waals surface area contributed by atoms with Crippen molar-refractivity contribution in [3.05, 3.63) is 52.0 Å². The first-order valence-electron chi connectivity index (χ1n) is 8.90. The van der Waals surface area contributed by atoms with E-state index in [1.54, 1.807) is 18.4 Å². The minimum Gasteiger partial charge on any atom is -0.356 e. The summed E-state index contributed by atoms with van der Waals surface area (Å²) in [6.45, 7) is 3.68. The monoisotopic (exact) mass is 501 g/mol. The maximum atomic E-state index is 11.9. The third-order valence-electron chi connectivity index (χ3n) is 3.80. The van der Waals surface area contributed by atoms with Gasteiger partial charge in [-0.25, -0.2) is 4.98 Å². The number of nitrogens with one attached hydrogen (secondary N) is 3. The van der Waals surface area contributed by atoms with Crippen LogP contribution in [0.2, 0.25) is 0 Å². The largest absolute Gasteiger partial charge is 0.356 e. The maximum absolute atomic E-state index is 11.9. The number of hydrogen-bond acceptors (Lipinski definition) is 4. The second kappa shape index (κ2) is 13.5. The van der Waals surface area contributed by atoms with E-state index in [1.807, 2.05) is 24.4 Å². The summed E-state index contributed by atoms with van der Waals surface area (Å²) in [5.74, 6) is 0.576. The summed E-state index contributed by atoms with van der Waals surface area (Å²) in [6, 6.07) is 10.1. The van der Waals surface area contributed by atoms with Crippen molar-refractivity contribution in [1.29, 1.82) is 0 Å². The number of aliphatic imine (C=N–C) groups is 1. The van der Waals surface area contributed by atoms with E-state index in [9.17, 15) is 4.79 Å². The number of carbonyl (C=O) groups excluding carboxylic acids is 1. The van der Waals surface area contributed by atoms with Crippen molar-refractivity contribution >= 4 is 47.2 Å². The standard InChI is InChI=1S/C19H27N5OS.HI/c1-3-16-13-23-18(26-16)10-12-22-19(20-2)24-14-17(25)21-11-9-15-7-5-4-6-8-15;/h4-8,13H,3,9-12,14H2,1-2H3,(H,21,25)(H2,20,22,24);1H. The van der Waals surface area contributed by atoms with E-state index >= 15 is 0 Å². The molecule has 1 amide bonds. The van der Waals surface area contributed by atoms with Crippen LogP contribution in [0.4, 0.5) is 0 Å². The predicted molar refractivity (Wildman–Crippen MR) is 123 cm³/mol. The van der Waals surface area contributed by atoms with Gasteiger partial charge in [0.2, 0.25) is 5.91 Å². The minimum absolute atomic E-state index is 0. The van der Waals surface area contributed by atoms with E-state index in [0.29, 0.717) is 12.5 Å². The third kappa shape index (κ3) is 9.18. The smallest absolute Gasteiger partial charge is 0.239 e. The summed E-state index contributed by atoms with van der Waals surface area (Å²) in [6.07, 6.45) is 4.63. The molecule has 27 heavy (non-hydrogen) atoms. The first-order valence-corrected chi connectivity index (χ1v) is 9.71. The van der Waals surface area contributed by atoms with Crippen LogP contribution < -0.4 is 16.0 Å². The van der Waals surface area contributed by atoms with E-state index < -0.39 is 0 Å². The zero-order valence-corrected chi connectivity index (χ0v) is 19.0. The zero-order valence-electron chi connectivity index (χ0n) is 15.8. The molecule has 148 valence electrons. The molecule has 0 aliphatic heterocycles. The van der Waals surface area contributed by atoms with Crippen LogP contribution in [-0.4, -0.2) is 43.5 Å². The van der Waals surface area contributed by atoms with Crippen LogP contribution in [0.5, 0.6) is 0 Å². The first kappa shape index (κ1) is 23.4. The highest BCUT2D eigenvalue weighted by Gasteiger charge is 2.04. The van der Waals surface area contributed by atoms with Gasteiger partial charge in [0.1, 0.15) is 0 Å². The van der Waals surface area contributed by atoms with Gasteiger partial charge in [0.15, 0.2) is 5.96 Å². The Kier molecular flexibility index (Phi) is 11.7. The molecule has 2 aromatic rings. The number of guanidine groups is 1. The lowest BCUT2D eigenvalue weighted by molar-refractivity contribution is -0.119. The highest BCUT2D eigenvalue weighted by Crippen LogP contribution is 2.13. The van der Waals surface area contributed by atoms with Crippen LogP contribution in [0.15, 0.2) is 41.5 Å². The van der Waals surface area contributed by atoms with Gasteiger partial charge in [-0.3, -0.25) is 9.79 Å². The van der Waals surface area contributed by atoms with Crippen LogP contribution in [0.25, 0.3) is 0 Å². The van der Waals surface area contributed by atoms with Crippen molar-refractivity contribution < 1.29 is 4.79 Å². The molecule has 8 heteroatoms. The molecule has 0 bridgehead atoms. The minimum atomic E-state index is -0.0450. The van der Waals surface area contributed by atoms with Crippen molar-refractivity contribution in [3.8, 4) is 0 Å². The molecule has 0 unspecified atom stereocenters. The lowest BCUT2D eigenvalue weighted by atomic mass is 10.1. The molecule has 1 aromatic carbocycles. The van der Waals surface area contributed by atoms with Crippen molar-refractivity contribution in [2.75, 3.05) is 26.7 Å². The number of rotatable bonds is 9. The van der Waals surface area contributed by atoms with Crippen molar-refractivity contribution in [1.82, 2.24) is 20.9 Å². The Balaban J connectivity index is 0.00000364. The molecule has 0 aliphatic rings. The van der Waals surface area contributed by atoms with E-state index in [2.05, 4.69) is 45.0 Å². The summed E-state index contributed by atoms with van der Waals surface area (Å²) in [4.78, 5) is 21.8.